The smallest absolute Gasteiger partial charge is 0.319 e. The Hall–Kier alpha value is -5.54. The average molecular weight is 704 g/mol. The number of halogens is 3. The average Bonchev–Trinajstić information content (AvgIpc) is 3.69. The van der Waals surface area contributed by atoms with Crippen LogP contribution in [0.25, 0.3) is 39.0 Å². The number of piperazine rings is 1. The molecule has 6 heterocycles. The summed E-state index contributed by atoms with van der Waals surface area (Å²) < 4.78 is 52.9. The summed E-state index contributed by atoms with van der Waals surface area (Å²) in [6, 6.07) is 15.7. The van der Waals surface area contributed by atoms with Gasteiger partial charge >= 0.3 is 6.01 Å². The van der Waals surface area contributed by atoms with Gasteiger partial charge < -0.3 is 14.5 Å². The van der Waals surface area contributed by atoms with E-state index in [9.17, 15) is 9.18 Å². The first-order chi connectivity index (χ1) is 25.2. The molecule has 0 spiro atoms. The monoisotopic (exact) mass is 703 g/mol. The van der Waals surface area contributed by atoms with E-state index in [4.69, 9.17) is 16.1 Å². The van der Waals surface area contributed by atoms with E-state index in [0.717, 1.165) is 30.8 Å². The summed E-state index contributed by atoms with van der Waals surface area (Å²) in [6.07, 6.45) is 11.2. The van der Waals surface area contributed by atoms with E-state index in [1.54, 1.807) is 36.5 Å². The molecule has 0 saturated carbocycles. The molecule has 12 heteroatoms. The third-order valence-electron chi connectivity index (χ3n) is 10.5. The van der Waals surface area contributed by atoms with Crippen LogP contribution in [0.5, 0.6) is 6.01 Å². The van der Waals surface area contributed by atoms with Gasteiger partial charge in [-0.1, -0.05) is 42.3 Å². The highest BCUT2D eigenvalue weighted by molar-refractivity contribution is 6.02. The largest absolute Gasteiger partial charge is 0.461 e. The zero-order chi connectivity index (χ0) is 36.0. The van der Waals surface area contributed by atoms with Gasteiger partial charge in [-0.2, -0.15) is 9.97 Å². The molecule has 3 aliphatic rings. The van der Waals surface area contributed by atoms with Crippen LogP contribution in [0.15, 0.2) is 72.8 Å². The molecule has 8 rings (SSSR count). The molecule has 3 atom stereocenters. The van der Waals surface area contributed by atoms with Crippen LogP contribution >= 0.6 is 0 Å². The van der Waals surface area contributed by atoms with Crippen molar-refractivity contribution in [2.24, 2.45) is 0 Å². The second kappa shape index (κ2) is 13.5. The SMILES string of the molecule is C#Cc1cccc2cccc(-c3ncc4c(N5CCN(C(=O)/C(F)=C/c6ccccn6)C[C@@H]5C)nc(OC[C@@]56CCCN5C[C@H](F)C6)nc4c3F)c12. The zero-order valence-corrected chi connectivity index (χ0v) is 28.6. The number of carbonyl (C=O) groups excluding carboxylic acids is 1. The minimum absolute atomic E-state index is 0.00537. The maximum atomic E-state index is 16.9. The van der Waals surface area contributed by atoms with E-state index in [1.807, 2.05) is 36.1 Å². The molecule has 3 aliphatic heterocycles. The van der Waals surface area contributed by atoms with Crippen LogP contribution in [0, 0.1) is 18.2 Å². The summed E-state index contributed by atoms with van der Waals surface area (Å²) >= 11 is 0. The van der Waals surface area contributed by atoms with Gasteiger partial charge in [0.05, 0.1) is 16.6 Å². The molecule has 52 heavy (non-hydrogen) atoms. The summed E-state index contributed by atoms with van der Waals surface area (Å²) in [5.74, 6) is 0.762. The van der Waals surface area contributed by atoms with E-state index in [-0.39, 0.29) is 49.5 Å². The van der Waals surface area contributed by atoms with E-state index >= 15 is 8.78 Å². The van der Waals surface area contributed by atoms with Crippen LogP contribution in [0.2, 0.25) is 0 Å². The first kappa shape index (κ1) is 33.6. The molecule has 3 fully saturated rings. The molecule has 3 saturated heterocycles. The summed E-state index contributed by atoms with van der Waals surface area (Å²) in [5.41, 5.74) is 1.08. The van der Waals surface area contributed by atoms with Crippen molar-refractivity contribution in [3.8, 4) is 29.6 Å². The van der Waals surface area contributed by atoms with E-state index in [0.29, 0.717) is 46.4 Å². The number of fused-ring (bicyclic) bond motifs is 3. The number of terminal acetylenes is 1. The lowest BCUT2D eigenvalue weighted by molar-refractivity contribution is -0.129. The molecule has 9 nitrogen and oxygen atoms in total. The molecular weight excluding hydrogens is 667 g/mol. The number of benzene rings is 2. The number of carbonyl (C=O) groups is 1. The van der Waals surface area contributed by atoms with Crippen molar-refractivity contribution in [2.75, 3.05) is 44.2 Å². The van der Waals surface area contributed by atoms with Crippen molar-refractivity contribution < 1.29 is 22.7 Å². The standard InChI is InChI=1S/C40H36F3N7O2/c1-3-26-9-6-10-27-11-7-13-30(33(26)27)35-34(43)36-31(21-45-35)37(47-39(46-36)52-24-40-14-8-16-49(40)23-28(41)20-40)50-18-17-48(22-25(50)2)38(51)32(42)19-29-12-4-5-15-44-29/h1,4-7,9-13,15,19,21,25,28H,8,14,16-18,20,22-24H2,2H3/b32-19-/t25-,28+,40-/m0/s1. The van der Waals surface area contributed by atoms with Gasteiger partial charge in [0, 0.05) is 73.6 Å². The molecule has 0 bridgehead atoms. The van der Waals surface area contributed by atoms with Crippen LogP contribution in [0.3, 0.4) is 0 Å². The number of rotatable bonds is 7. The van der Waals surface area contributed by atoms with Gasteiger partial charge in [0.1, 0.15) is 29.8 Å². The minimum Gasteiger partial charge on any atom is -0.461 e. The first-order valence-electron chi connectivity index (χ1n) is 17.5. The van der Waals surface area contributed by atoms with Crippen molar-refractivity contribution in [2.45, 2.75) is 43.9 Å². The van der Waals surface area contributed by atoms with Crippen LogP contribution in [0.4, 0.5) is 19.0 Å². The van der Waals surface area contributed by atoms with Gasteiger partial charge in [-0.25, -0.2) is 13.2 Å². The second-order valence-corrected chi connectivity index (χ2v) is 13.8. The highest BCUT2D eigenvalue weighted by Crippen LogP contribution is 2.41. The van der Waals surface area contributed by atoms with E-state index in [2.05, 4.69) is 25.8 Å². The summed E-state index contributed by atoms with van der Waals surface area (Å²) in [4.78, 5) is 36.7. The maximum absolute atomic E-state index is 16.9. The van der Waals surface area contributed by atoms with E-state index < -0.39 is 29.3 Å². The highest BCUT2D eigenvalue weighted by Gasteiger charge is 2.49. The summed E-state index contributed by atoms with van der Waals surface area (Å²) in [5, 5.41) is 1.90. The molecule has 0 aliphatic carbocycles. The number of hydrogen-bond acceptors (Lipinski definition) is 8. The van der Waals surface area contributed by atoms with Crippen LogP contribution in [-0.2, 0) is 4.79 Å². The Morgan fingerprint density at radius 2 is 1.92 bits per heavy atom. The highest BCUT2D eigenvalue weighted by atomic mass is 19.1. The fraction of sp³-hybridized carbons (Fsp3) is 0.325. The predicted molar refractivity (Wildman–Crippen MR) is 193 cm³/mol. The Kier molecular flexibility index (Phi) is 8.75. The van der Waals surface area contributed by atoms with Crippen LogP contribution < -0.4 is 9.64 Å². The number of nitrogens with zero attached hydrogens (tertiary/aromatic N) is 7. The van der Waals surface area contributed by atoms with Gasteiger partial charge in [-0.3, -0.25) is 19.7 Å². The minimum atomic E-state index is -0.944. The Morgan fingerprint density at radius 1 is 1.08 bits per heavy atom. The van der Waals surface area contributed by atoms with Gasteiger partial charge in [0.2, 0.25) is 0 Å². The van der Waals surface area contributed by atoms with Crippen LogP contribution in [0.1, 0.15) is 37.4 Å². The molecule has 0 radical (unpaired) electrons. The molecule has 0 N–H and O–H groups in total. The number of pyridine rings is 2. The fourth-order valence-corrected chi connectivity index (χ4v) is 8.06. The number of alkyl halides is 1. The molecular formula is C40H36F3N7O2. The predicted octanol–water partition coefficient (Wildman–Crippen LogP) is 6.36. The Balaban J connectivity index is 1.17. The lowest BCUT2D eigenvalue weighted by Crippen LogP contribution is -2.54. The molecule has 264 valence electrons. The van der Waals surface area contributed by atoms with Crippen LogP contribution in [-0.4, -0.2) is 92.7 Å². The summed E-state index contributed by atoms with van der Waals surface area (Å²) in [6.45, 7) is 3.84. The summed E-state index contributed by atoms with van der Waals surface area (Å²) in [7, 11) is 0. The normalized spacial score (nSPS) is 22.2. The first-order valence-corrected chi connectivity index (χ1v) is 17.5. The number of amides is 1. The number of anilines is 1. The Morgan fingerprint density at radius 3 is 2.71 bits per heavy atom. The zero-order valence-electron chi connectivity index (χ0n) is 28.6. The van der Waals surface area contributed by atoms with Crippen molar-refractivity contribution >= 4 is 39.5 Å². The van der Waals surface area contributed by atoms with Crippen molar-refractivity contribution in [1.29, 1.82) is 0 Å². The topological polar surface area (TPSA) is 87.6 Å². The molecule has 0 unspecified atom stereocenters. The van der Waals surface area contributed by atoms with Gasteiger partial charge in [-0.05, 0) is 49.9 Å². The van der Waals surface area contributed by atoms with E-state index in [1.165, 1.54) is 11.1 Å². The van der Waals surface area contributed by atoms with Crippen molar-refractivity contribution in [3.63, 3.8) is 0 Å². The second-order valence-electron chi connectivity index (χ2n) is 13.8. The van der Waals surface area contributed by atoms with Gasteiger partial charge in [-0.15, -0.1) is 6.42 Å². The lowest BCUT2D eigenvalue weighted by Gasteiger charge is -2.40. The number of aromatic nitrogens is 4. The number of ether oxygens (including phenoxy) is 1. The molecule has 5 aromatic rings. The molecule has 1 amide bonds. The molecule has 3 aromatic heterocycles. The van der Waals surface area contributed by atoms with Crippen molar-refractivity contribution in [3.05, 3.63) is 89.9 Å². The Bertz CT molecular complexity index is 2260. The Labute approximate surface area is 299 Å². The van der Waals surface area contributed by atoms with Gasteiger partial charge in [0.25, 0.3) is 5.91 Å². The number of hydrogen-bond donors (Lipinski definition) is 0. The third-order valence-corrected chi connectivity index (χ3v) is 10.5. The van der Waals surface area contributed by atoms with Gasteiger partial charge in [0.15, 0.2) is 11.6 Å². The lowest BCUT2D eigenvalue weighted by atomic mass is 9.95. The quantitative estimate of drug-likeness (QED) is 0.143. The van der Waals surface area contributed by atoms with Crippen molar-refractivity contribution in [1.82, 2.24) is 29.7 Å². The third kappa shape index (κ3) is 5.98. The fourth-order valence-electron chi connectivity index (χ4n) is 8.06. The maximum Gasteiger partial charge on any atom is 0.319 e. The molecule has 2 aromatic carbocycles.